The van der Waals surface area contributed by atoms with E-state index in [1.54, 1.807) is 18.2 Å². The third-order valence-electron chi connectivity index (χ3n) is 3.93. The topological polar surface area (TPSA) is 58.6 Å². The number of ether oxygens (including phenoxy) is 1. The quantitative estimate of drug-likeness (QED) is 0.477. The first kappa shape index (κ1) is 21.0. The molecule has 0 bridgehead atoms. The number of carbonyl (C=O) groups is 1. The number of amides is 1. The molecule has 140 valence electrons. The van der Waals surface area contributed by atoms with Crippen molar-refractivity contribution in [1.29, 1.82) is 0 Å². The molecular formula is C19H20Cl3NO3. The van der Waals surface area contributed by atoms with E-state index in [-0.39, 0.29) is 24.8 Å². The van der Waals surface area contributed by atoms with Gasteiger partial charge < -0.3 is 15.2 Å². The summed E-state index contributed by atoms with van der Waals surface area (Å²) in [6, 6.07) is 14.6. The van der Waals surface area contributed by atoms with Gasteiger partial charge in [-0.25, -0.2) is 0 Å². The molecule has 2 N–H and O–H groups in total. The van der Waals surface area contributed by atoms with Gasteiger partial charge in [-0.3, -0.25) is 4.79 Å². The monoisotopic (exact) mass is 415 g/mol. The second-order valence-electron chi connectivity index (χ2n) is 5.86. The van der Waals surface area contributed by atoms with Crippen molar-refractivity contribution < 1.29 is 14.6 Å². The van der Waals surface area contributed by atoms with Crippen LogP contribution in [0.1, 0.15) is 17.5 Å². The Labute approximate surface area is 168 Å². The van der Waals surface area contributed by atoms with Crippen LogP contribution in [0.4, 0.5) is 0 Å². The maximum atomic E-state index is 11.5. The fraction of sp³-hybridized carbons (Fsp3) is 0.316. The standard InChI is InChI=1S/C19H20Cl3NO3/c20-11-18(24)23-13-19(25,15-6-7-16(21)17(22)10-15)8-9-26-12-14-4-2-1-3-5-14/h1-7,10,25H,8-9,11-13H2,(H,23,24). The smallest absolute Gasteiger partial charge is 0.235 e. The molecule has 0 radical (unpaired) electrons. The first-order valence-corrected chi connectivity index (χ1v) is 9.36. The summed E-state index contributed by atoms with van der Waals surface area (Å²) in [6.07, 6.45) is 0.264. The normalized spacial score (nSPS) is 13.2. The van der Waals surface area contributed by atoms with Crippen LogP contribution in [0.5, 0.6) is 0 Å². The predicted molar refractivity (Wildman–Crippen MR) is 105 cm³/mol. The summed E-state index contributed by atoms with van der Waals surface area (Å²) in [7, 11) is 0. The Hall–Kier alpha value is -1.30. The Balaban J connectivity index is 2.04. The summed E-state index contributed by atoms with van der Waals surface area (Å²) in [6.45, 7) is 0.722. The zero-order valence-corrected chi connectivity index (χ0v) is 16.3. The molecule has 1 atom stereocenters. The summed E-state index contributed by atoms with van der Waals surface area (Å²) in [4.78, 5) is 11.5. The first-order chi connectivity index (χ1) is 12.4. The number of aliphatic hydroxyl groups is 1. The lowest BCUT2D eigenvalue weighted by Gasteiger charge is -2.29. The highest BCUT2D eigenvalue weighted by atomic mass is 35.5. The van der Waals surface area contributed by atoms with Crippen LogP contribution in [-0.4, -0.2) is 30.0 Å². The molecule has 0 aliphatic carbocycles. The van der Waals surface area contributed by atoms with E-state index >= 15 is 0 Å². The lowest BCUT2D eigenvalue weighted by molar-refractivity contribution is -0.120. The summed E-state index contributed by atoms with van der Waals surface area (Å²) < 4.78 is 5.67. The zero-order valence-electron chi connectivity index (χ0n) is 14.1. The minimum atomic E-state index is -1.35. The molecule has 0 saturated carbocycles. The number of hydrogen-bond donors (Lipinski definition) is 2. The van der Waals surface area contributed by atoms with Gasteiger partial charge in [-0.1, -0.05) is 59.6 Å². The predicted octanol–water partition coefficient (Wildman–Crippen LogP) is 4.14. The van der Waals surface area contributed by atoms with Crippen molar-refractivity contribution in [2.75, 3.05) is 19.0 Å². The van der Waals surface area contributed by atoms with Gasteiger partial charge >= 0.3 is 0 Å². The van der Waals surface area contributed by atoms with Crippen LogP contribution >= 0.6 is 34.8 Å². The summed E-state index contributed by atoms with van der Waals surface area (Å²) in [5, 5.41) is 14.4. The lowest BCUT2D eigenvalue weighted by atomic mass is 9.90. The molecule has 1 unspecified atom stereocenters. The summed E-state index contributed by atoms with van der Waals surface area (Å²) in [5.74, 6) is -0.544. The third-order valence-corrected chi connectivity index (χ3v) is 4.91. The number of carbonyl (C=O) groups excluding carboxylic acids is 1. The highest BCUT2D eigenvalue weighted by Crippen LogP contribution is 2.31. The fourth-order valence-electron chi connectivity index (χ4n) is 2.42. The zero-order chi connectivity index (χ0) is 19.0. The third kappa shape index (κ3) is 6.15. The highest BCUT2D eigenvalue weighted by Gasteiger charge is 2.30. The van der Waals surface area contributed by atoms with Crippen molar-refractivity contribution >= 4 is 40.7 Å². The van der Waals surface area contributed by atoms with Crippen molar-refractivity contribution in [1.82, 2.24) is 5.32 Å². The summed E-state index contributed by atoms with van der Waals surface area (Å²) >= 11 is 17.5. The average molecular weight is 417 g/mol. The Bertz CT molecular complexity index is 727. The van der Waals surface area contributed by atoms with Crippen LogP contribution < -0.4 is 5.32 Å². The van der Waals surface area contributed by atoms with Gasteiger partial charge in [-0.05, 0) is 23.3 Å². The van der Waals surface area contributed by atoms with Crippen molar-refractivity contribution in [3.63, 3.8) is 0 Å². The molecular weight excluding hydrogens is 397 g/mol. The number of benzene rings is 2. The van der Waals surface area contributed by atoms with E-state index in [1.807, 2.05) is 30.3 Å². The molecule has 0 aromatic heterocycles. The van der Waals surface area contributed by atoms with Crippen molar-refractivity contribution in [3.05, 3.63) is 69.7 Å². The van der Waals surface area contributed by atoms with Crippen LogP contribution in [0.15, 0.2) is 48.5 Å². The fourth-order valence-corrected chi connectivity index (χ4v) is 2.81. The van der Waals surface area contributed by atoms with Crippen LogP contribution in [0.2, 0.25) is 10.0 Å². The van der Waals surface area contributed by atoms with Crippen LogP contribution in [-0.2, 0) is 21.7 Å². The molecule has 0 aliphatic rings. The van der Waals surface area contributed by atoms with Gasteiger partial charge in [-0.15, -0.1) is 11.6 Å². The molecule has 0 aliphatic heterocycles. The van der Waals surface area contributed by atoms with Gasteiger partial charge in [0.2, 0.25) is 5.91 Å². The highest BCUT2D eigenvalue weighted by molar-refractivity contribution is 6.42. The molecule has 2 aromatic rings. The SMILES string of the molecule is O=C(CCl)NCC(O)(CCOCc1ccccc1)c1ccc(Cl)c(Cl)c1. The average Bonchev–Trinajstić information content (AvgIpc) is 2.66. The van der Waals surface area contributed by atoms with E-state index in [2.05, 4.69) is 5.32 Å². The Morgan fingerprint density at radius 3 is 2.50 bits per heavy atom. The van der Waals surface area contributed by atoms with Crippen LogP contribution in [0.3, 0.4) is 0 Å². The number of alkyl halides is 1. The number of halogens is 3. The van der Waals surface area contributed by atoms with Gasteiger partial charge in [0, 0.05) is 6.42 Å². The van der Waals surface area contributed by atoms with Crippen molar-refractivity contribution in [2.24, 2.45) is 0 Å². The van der Waals surface area contributed by atoms with Crippen LogP contribution in [0, 0.1) is 0 Å². The van der Waals surface area contributed by atoms with E-state index in [0.717, 1.165) is 5.56 Å². The van der Waals surface area contributed by atoms with Gasteiger partial charge in [-0.2, -0.15) is 0 Å². The number of hydrogen-bond acceptors (Lipinski definition) is 3. The maximum absolute atomic E-state index is 11.5. The molecule has 7 heteroatoms. The van der Waals surface area contributed by atoms with Crippen LogP contribution in [0.25, 0.3) is 0 Å². The molecule has 0 spiro atoms. The Kier molecular flexibility index (Phi) is 8.19. The number of nitrogens with one attached hydrogen (secondary N) is 1. The van der Waals surface area contributed by atoms with E-state index in [9.17, 15) is 9.90 Å². The Morgan fingerprint density at radius 1 is 1.12 bits per heavy atom. The number of rotatable bonds is 9. The second kappa shape index (κ2) is 10.1. The molecule has 2 rings (SSSR count). The Morgan fingerprint density at radius 2 is 1.85 bits per heavy atom. The van der Waals surface area contributed by atoms with E-state index in [0.29, 0.717) is 28.8 Å². The molecule has 26 heavy (non-hydrogen) atoms. The van der Waals surface area contributed by atoms with Gasteiger partial charge in [0.1, 0.15) is 11.5 Å². The molecule has 2 aromatic carbocycles. The molecule has 0 heterocycles. The van der Waals surface area contributed by atoms with Gasteiger partial charge in [0.15, 0.2) is 0 Å². The molecule has 0 fully saturated rings. The molecule has 1 amide bonds. The van der Waals surface area contributed by atoms with Crippen molar-refractivity contribution in [2.45, 2.75) is 18.6 Å². The minimum absolute atomic E-state index is 0.00872. The van der Waals surface area contributed by atoms with E-state index in [1.165, 1.54) is 0 Å². The molecule has 0 saturated heterocycles. The van der Waals surface area contributed by atoms with Gasteiger partial charge in [0.05, 0.1) is 29.8 Å². The summed E-state index contributed by atoms with van der Waals surface area (Å²) in [5.41, 5.74) is 0.234. The van der Waals surface area contributed by atoms with Crippen molar-refractivity contribution in [3.8, 4) is 0 Å². The lowest BCUT2D eigenvalue weighted by Crippen LogP contribution is -2.42. The second-order valence-corrected chi connectivity index (χ2v) is 6.94. The van der Waals surface area contributed by atoms with Gasteiger partial charge in [0.25, 0.3) is 0 Å². The molecule has 4 nitrogen and oxygen atoms in total. The van der Waals surface area contributed by atoms with E-state index < -0.39 is 5.60 Å². The van der Waals surface area contributed by atoms with E-state index in [4.69, 9.17) is 39.5 Å². The first-order valence-electron chi connectivity index (χ1n) is 8.07. The maximum Gasteiger partial charge on any atom is 0.235 e. The minimum Gasteiger partial charge on any atom is -0.383 e. The largest absolute Gasteiger partial charge is 0.383 e.